The van der Waals surface area contributed by atoms with Crippen molar-refractivity contribution in [3.63, 3.8) is 0 Å². The van der Waals surface area contributed by atoms with E-state index in [-0.39, 0.29) is 30.3 Å². The average molecular weight is 282 g/mol. The van der Waals surface area contributed by atoms with Crippen molar-refractivity contribution in [3.05, 3.63) is 28.1 Å². The number of H-pyrrole nitrogens is 1. The lowest BCUT2D eigenvalue weighted by atomic mass is 10.2. The summed E-state index contributed by atoms with van der Waals surface area (Å²) in [5.41, 5.74) is 0.176. The number of carbonyl (C=O) groups is 1. The molecule has 110 valence electrons. The molecule has 0 bridgehead atoms. The highest BCUT2D eigenvalue weighted by molar-refractivity contribution is 5.96. The van der Waals surface area contributed by atoms with E-state index in [0.717, 1.165) is 26.2 Å². The quantitative estimate of drug-likeness (QED) is 0.422. The largest absolute Gasteiger partial charge is 0.395 e. The molecule has 8 nitrogen and oxygen atoms in total. The van der Waals surface area contributed by atoms with Crippen molar-refractivity contribution < 1.29 is 14.8 Å². The lowest BCUT2D eigenvalue weighted by molar-refractivity contribution is -0.384. The first-order valence-electron chi connectivity index (χ1n) is 6.51. The number of aliphatic hydroxyl groups is 1. The molecule has 8 heteroatoms. The molecule has 2 rings (SSSR count). The number of aromatic amines is 1. The molecule has 1 fully saturated rings. The minimum Gasteiger partial charge on any atom is -0.395 e. The minimum absolute atomic E-state index is 0.0962. The van der Waals surface area contributed by atoms with E-state index in [0.29, 0.717) is 6.54 Å². The first kappa shape index (κ1) is 14.6. The first-order chi connectivity index (χ1) is 9.60. The van der Waals surface area contributed by atoms with Gasteiger partial charge in [0.1, 0.15) is 0 Å². The van der Waals surface area contributed by atoms with E-state index in [1.54, 1.807) is 0 Å². The second-order valence-electron chi connectivity index (χ2n) is 4.79. The number of ketones is 1. The molecule has 0 spiro atoms. The number of hydrogen-bond donors (Lipinski definition) is 2. The molecule has 1 aliphatic rings. The van der Waals surface area contributed by atoms with E-state index in [4.69, 9.17) is 5.11 Å². The lowest BCUT2D eigenvalue weighted by Gasteiger charge is -2.33. The molecular weight excluding hydrogens is 264 g/mol. The molecule has 1 saturated heterocycles. The maximum Gasteiger partial charge on any atom is 0.287 e. The van der Waals surface area contributed by atoms with Gasteiger partial charge in [0.15, 0.2) is 5.78 Å². The van der Waals surface area contributed by atoms with E-state index in [9.17, 15) is 14.9 Å². The van der Waals surface area contributed by atoms with Crippen molar-refractivity contribution in [2.45, 2.75) is 0 Å². The van der Waals surface area contributed by atoms with Gasteiger partial charge in [0.2, 0.25) is 0 Å². The van der Waals surface area contributed by atoms with E-state index in [1.165, 1.54) is 12.3 Å². The zero-order chi connectivity index (χ0) is 14.5. The SMILES string of the molecule is O=C(CN1CCN(CCO)CC1)c1cc([N+](=O)[O-])c[nH]1. The van der Waals surface area contributed by atoms with Crippen molar-refractivity contribution >= 4 is 11.5 Å². The summed E-state index contributed by atoms with van der Waals surface area (Å²) in [5.74, 6) is -0.145. The number of rotatable bonds is 6. The normalized spacial score (nSPS) is 17.2. The molecule has 2 heterocycles. The molecule has 0 saturated carbocycles. The highest BCUT2D eigenvalue weighted by Gasteiger charge is 2.21. The number of carbonyl (C=O) groups excluding carboxylic acids is 1. The van der Waals surface area contributed by atoms with E-state index >= 15 is 0 Å². The topological polar surface area (TPSA) is 103 Å². The summed E-state index contributed by atoms with van der Waals surface area (Å²) in [6.07, 6.45) is 1.23. The van der Waals surface area contributed by atoms with Crippen molar-refractivity contribution in [3.8, 4) is 0 Å². The van der Waals surface area contributed by atoms with Crippen LogP contribution in [-0.4, -0.2) is 76.5 Å². The van der Waals surface area contributed by atoms with Crippen LogP contribution in [0.15, 0.2) is 12.3 Å². The summed E-state index contributed by atoms with van der Waals surface area (Å²) in [7, 11) is 0. The fourth-order valence-corrected chi connectivity index (χ4v) is 2.25. The monoisotopic (exact) mass is 282 g/mol. The standard InChI is InChI=1S/C12H18N4O4/c17-6-5-14-1-3-15(4-2-14)9-12(18)11-7-10(8-13-11)16(19)20/h7-8,13,17H,1-6,9H2. The van der Waals surface area contributed by atoms with Gasteiger partial charge in [-0.15, -0.1) is 0 Å². The molecule has 0 aliphatic carbocycles. The molecule has 1 aliphatic heterocycles. The third kappa shape index (κ3) is 3.62. The van der Waals surface area contributed by atoms with Gasteiger partial charge in [0.25, 0.3) is 5.69 Å². The highest BCUT2D eigenvalue weighted by atomic mass is 16.6. The van der Waals surface area contributed by atoms with Crippen molar-refractivity contribution in [2.24, 2.45) is 0 Å². The van der Waals surface area contributed by atoms with Crippen LogP contribution in [0.5, 0.6) is 0 Å². The average Bonchev–Trinajstić information content (AvgIpc) is 2.91. The van der Waals surface area contributed by atoms with Gasteiger partial charge in [-0.05, 0) is 0 Å². The lowest BCUT2D eigenvalue weighted by Crippen LogP contribution is -2.48. The van der Waals surface area contributed by atoms with Crippen molar-refractivity contribution in [2.75, 3.05) is 45.9 Å². The van der Waals surface area contributed by atoms with Crippen LogP contribution in [0, 0.1) is 10.1 Å². The van der Waals surface area contributed by atoms with E-state index in [2.05, 4.69) is 9.88 Å². The fourth-order valence-electron chi connectivity index (χ4n) is 2.25. The number of piperazine rings is 1. The van der Waals surface area contributed by atoms with Crippen molar-refractivity contribution in [1.82, 2.24) is 14.8 Å². The molecule has 20 heavy (non-hydrogen) atoms. The molecule has 2 N–H and O–H groups in total. The van der Waals surface area contributed by atoms with Crippen LogP contribution in [0.25, 0.3) is 0 Å². The van der Waals surface area contributed by atoms with Crippen LogP contribution in [0.4, 0.5) is 5.69 Å². The van der Waals surface area contributed by atoms with E-state index in [1.807, 2.05) is 4.90 Å². The Morgan fingerprint density at radius 2 is 2.00 bits per heavy atom. The maximum absolute atomic E-state index is 12.0. The summed E-state index contributed by atoms with van der Waals surface area (Å²) in [5, 5.41) is 19.4. The Balaban J connectivity index is 1.84. The molecule has 0 unspecified atom stereocenters. The number of hydrogen-bond acceptors (Lipinski definition) is 6. The Bertz CT molecular complexity index is 480. The van der Waals surface area contributed by atoms with Gasteiger partial charge in [-0.3, -0.25) is 24.7 Å². The predicted octanol–water partition coefficient (Wildman–Crippen LogP) is -0.284. The fraction of sp³-hybridized carbons (Fsp3) is 0.583. The summed E-state index contributed by atoms with van der Waals surface area (Å²) in [6.45, 7) is 4.21. The Labute approximate surface area is 116 Å². The number of nitrogens with zero attached hydrogens (tertiary/aromatic N) is 3. The second-order valence-corrected chi connectivity index (χ2v) is 4.79. The van der Waals surface area contributed by atoms with Crippen LogP contribution in [-0.2, 0) is 0 Å². The Hall–Kier alpha value is -1.77. The maximum atomic E-state index is 12.0. The van der Waals surface area contributed by atoms with Crippen LogP contribution in [0.2, 0.25) is 0 Å². The van der Waals surface area contributed by atoms with Gasteiger partial charge < -0.3 is 10.1 Å². The summed E-state index contributed by atoms with van der Waals surface area (Å²) < 4.78 is 0. The molecule has 0 amide bonds. The Morgan fingerprint density at radius 1 is 1.35 bits per heavy atom. The third-order valence-electron chi connectivity index (χ3n) is 3.43. The van der Waals surface area contributed by atoms with Gasteiger partial charge in [-0.2, -0.15) is 0 Å². The predicted molar refractivity (Wildman–Crippen MR) is 71.7 cm³/mol. The van der Waals surface area contributed by atoms with Gasteiger partial charge in [-0.1, -0.05) is 0 Å². The zero-order valence-electron chi connectivity index (χ0n) is 11.1. The number of β-amino-alcohol motifs (C(OH)–C–C–N with tert-alkyl or cyclic N) is 1. The van der Waals surface area contributed by atoms with Crippen LogP contribution >= 0.6 is 0 Å². The summed E-state index contributed by atoms with van der Waals surface area (Å²) in [4.78, 5) is 28.8. The minimum atomic E-state index is -0.527. The first-order valence-corrected chi connectivity index (χ1v) is 6.51. The molecule has 1 aromatic rings. The number of nitro groups is 1. The Kier molecular flexibility index (Phi) is 4.83. The number of aliphatic hydroxyl groups excluding tert-OH is 1. The number of aromatic nitrogens is 1. The smallest absolute Gasteiger partial charge is 0.287 e. The summed E-state index contributed by atoms with van der Waals surface area (Å²) in [6, 6.07) is 1.27. The molecule has 0 radical (unpaired) electrons. The van der Waals surface area contributed by atoms with Crippen LogP contribution in [0.1, 0.15) is 10.5 Å². The zero-order valence-corrected chi connectivity index (χ0v) is 11.1. The van der Waals surface area contributed by atoms with E-state index < -0.39 is 4.92 Å². The molecule has 0 aromatic carbocycles. The Morgan fingerprint density at radius 3 is 2.55 bits per heavy atom. The van der Waals surface area contributed by atoms with Gasteiger partial charge >= 0.3 is 0 Å². The third-order valence-corrected chi connectivity index (χ3v) is 3.43. The number of Topliss-reactive ketones (excluding diaryl/α,β-unsaturated/α-hetero) is 1. The second kappa shape index (κ2) is 6.60. The van der Waals surface area contributed by atoms with Crippen LogP contribution in [0.3, 0.4) is 0 Å². The summed E-state index contributed by atoms with van der Waals surface area (Å²) >= 11 is 0. The van der Waals surface area contributed by atoms with Crippen molar-refractivity contribution in [1.29, 1.82) is 0 Å². The molecule has 1 aromatic heterocycles. The van der Waals surface area contributed by atoms with Crippen LogP contribution < -0.4 is 0 Å². The number of nitrogens with one attached hydrogen (secondary N) is 1. The van der Waals surface area contributed by atoms with Gasteiger partial charge in [0.05, 0.1) is 30.0 Å². The van der Waals surface area contributed by atoms with Gasteiger partial charge in [-0.25, -0.2) is 0 Å². The molecule has 0 atom stereocenters. The highest BCUT2D eigenvalue weighted by Crippen LogP contribution is 2.13. The molecular formula is C12H18N4O4. The van der Waals surface area contributed by atoms with Gasteiger partial charge in [0, 0.05) is 38.8 Å².